The van der Waals surface area contributed by atoms with E-state index in [4.69, 9.17) is 9.98 Å². The number of amidine groups is 2. The van der Waals surface area contributed by atoms with Crippen LogP contribution in [0.5, 0.6) is 0 Å². The molecule has 2 heterocycles. The Balaban J connectivity index is 1.28. The monoisotopic (exact) mass is 545 g/mol. The smallest absolute Gasteiger partial charge is 0.259 e. The molecule has 0 aromatic heterocycles. The van der Waals surface area contributed by atoms with Crippen LogP contribution in [0.2, 0.25) is 0 Å². The molecule has 204 valence electrons. The standard InChI is InChI=1S/C30H35N5O3S/c1-2-25(28(37)32-21-13-7-4-8-14-21)39-30-34-23-16-10-9-15-22(23)27-33-24(29(38)35(27)30)19-26(36)31-18-17-20-11-5-3-6-12-20/h3,5-6,9-12,15-16,21,24-25H,2,4,7-8,13-14,17-19H2,1H3,(H,31,36)(H,32,37)/t24-,25+/m0/s1. The van der Waals surface area contributed by atoms with Gasteiger partial charge in [-0.15, -0.1) is 0 Å². The number of hydrogen-bond donors (Lipinski definition) is 2. The molecule has 0 saturated heterocycles. The maximum Gasteiger partial charge on any atom is 0.259 e. The minimum Gasteiger partial charge on any atom is -0.356 e. The fourth-order valence-electron chi connectivity index (χ4n) is 5.24. The lowest BCUT2D eigenvalue weighted by Gasteiger charge is -2.29. The third-order valence-corrected chi connectivity index (χ3v) is 8.68. The van der Waals surface area contributed by atoms with Gasteiger partial charge in [-0.25, -0.2) is 9.89 Å². The minimum absolute atomic E-state index is 0.0181. The van der Waals surface area contributed by atoms with Gasteiger partial charge in [-0.1, -0.05) is 80.4 Å². The van der Waals surface area contributed by atoms with Crippen LogP contribution in [0.4, 0.5) is 5.69 Å². The van der Waals surface area contributed by atoms with Crippen molar-refractivity contribution >= 4 is 46.2 Å². The van der Waals surface area contributed by atoms with Gasteiger partial charge in [-0.2, -0.15) is 0 Å². The number of nitrogens with one attached hydrogen (secondary N) is 2. The van der Waals surface area contributed by atoms with Gasteiger partial charge in [0.25, 0.3) is 5.91 Å². The number of thioether (sulfide) groups is 1. The number of carbonyl (C=O) groups excluding carboxylic acids is 3. The van der Waals surface area contributed by atoms with Gasteiger partial charge < -0.3 is 10.6 Å². The molecule has 39 heavy (non-hydrogen) atoms. The summed E-state index contributed by atoms with van der Waals surface area (Å²) in [7, 11) is 0. The molecule has 2 aromatic rings. The second-order valence-electron chi connectivity index (χ2n) is 10.2. The molecular formula is C30H35N5O3S. The molecule has 3 amide bonds. The Labute approximate surface area is 233 Å². The molecule has 8 nitrogen and oxygen atoms in total. The lowest BCUT2D eigenvalue weighted by molar-refractivity contribution is -0.128. The number of carbonyl (C=O) groups is 3. The zero-order chi connectivity index (χ0) is 27.2. The number of amides is 3. The molecule has 5 rings (SSSR count). The van der Waals surface area contributed by atoms with Crippen LogP contribution in [-0.4, -0.2) is 57.5 Å². The van der Waals surface area contributed by atoms with Crippen molar-refractivity contribution in [1.82, 2.24) is 15.5 Å². The topological polar surface area (TPSA) is 103 Å². The SMILES string of the molecule is CC[C@@H](SC1=Nc2ccccc2C2=N[C@@H](CC(=O)NCCc3ccccc3)C(=O)N12)C(=O)NC1CCCCC1. The van der Waals surface area contributed by atoms with Gasteiger partial charge in [0, 0.05) is 18.2 Å². The number of benzene rings is 2. The van der Waals surface area contributed by atoms with E-state index in [1.54, 1.807) is 0 Å². The van der Waals surface area contributed by atoms with E-state index in [0.29, 0.717) is 36.1 Å². The maximum absolute atomic E-state index is 13.6. The lowest BCUT2D eigenvalue weighted by Crippen LogP contribution is -2.45. The average Bonchev–Trinajstić information content (AvgIpc) is 3.28. The van der Waals surface area contributed by atoms with Crippen LogP contribution >= 0.6 is 11.8 Å². The Kier molecular flexibility index (Phi) is 8.76. The Hall–Kier alpha value is -3.46. The van der Waals surface area contributed by atoms with Gasteiger partial charge in [0.15, 0.2) is 5.17 Å². The number of aliphatic imine (C=N–C) groups is 2. The van der Waals surface area contributed by atoms with Gasteiger partial charge in [-0.3, -0.25) is 19.4 Å². The first-order valence-electron chi connectivity index (χ1n) is 13.9. The first-order chi connectivity index (χ1) is 19.0. The van der Waals surface area contributed by atoms with Crippen LogP contribution < -0.4 is 10.6 Å². The van der Waals surface area contributed by atoms with E-state index in [9.17, 15) is 14.4 Å². The Morgan fingerprint density at radius 1 is 1.05 bits per heavy atom. The van der Waals surface area contributed by atoms with Crippen molar-refractivity contribution in [3.05, 3.63) is 65.7 Å². The molecule has 2 aliphatic heterocycles. The van der Waals surface area contributed by atoms with E-state index >= 15 is 0 Å². The van der Waals surface area contributed by atoms with E-state index in [1.807, 2.05) is 61.5 Å². The molecule has 0 radical (unpaired) electrons. The van der Waals surface area contributed by atoms with Crippen molar-refractivity contribution in [2.45, 2.75) is 75.6 Å². The second-order valence-corrected chi connectivity index (χ2v) is 11.4. The summed E-state index contributed by atoms with van der Waals surface area (Å²) in [6, 6.07) is 16.9. The Morgan fingerprint density at radius 2 is 1.79 bits per heavy atom. The highest BCUT2D eigenvalue weighted by Gasteiger charge is 2.43. The molecule has 2 N–H and O–H groups in total. The van der Waals surface area contributed by atoms with Crippen LogP contribution in [0.15, 0.2) is 64.6 Å². The summed E-state index contributed by atoms with van der Waals surface area (Å²) in [5.74, 6) is -0.0223. The van der Waals surface area contributed by atoms with Crippen molar-refractivity contribution in [3.8, 4) is 0 Å². The highest BCUT2D eigenvalue weighted by atomic mass is 32.2. The quantitative estimate of drug-likeness (QED) is 0.489. The van der Waals surface area contributed by atoms with Gasteiger partial charge >= 0.3 is 0 Å². The summed E-state index contributed by atoms with van der Waals surface area (Å²) in [6.07, 6.45) is 6.81. The van der Waals surface area contributed by atoms with Crippen molar-refractivity contribution in [3.63, 3.8) is 0 Å². The van der Waals surface area contributed by atoms with Gasteiger partial charge in [0.05, 0.1) is 17.4 Å². The van der Waals surface area contributed by atoms with Crippen LogP contribution in [-0.2, 0) is 20.8 Å². The zero-order valence-corrected chi connectivity index (χ0v) is 23.1. The number of hydrogen-bond acceptors (Lipinski definition) is 6. The predicted octanol–water partition coefficient (Wildman–Crippen LogP) is 4.35. The molecule has 1 fully saturated rings. The Bertz CT molecular complexity index is 1270. The number of rotatable bonds is 9. The molecule has 9 heteroatoms. The molecular weight excluding hydrogens is 510 g/mol. The highest BCUT2D eigenvalue weighted by Crippen LogP contribution is 2.35. The van der Waals surface area contributed by atoms with E-state index in [-0.39, 0.29) is 35.4 Å². The molecule has 1 aliphatic carbocycles. The molecule has 0 bridgehead atoms. The maximum atomic E-state index is 13.6. The fraction of sp³-hybridized carbons (Fsp3) is 0.433. The summed E-state index contributed by atoms with van der Waals surface area (Å²) < 4.78 is 0. The number of nitrogens with zero attached hydrogens (tertiary/aromatic N) is 3. The molecule has 2 atom stereocenters. The first kappa shape index (κ1) is 27.1. The van der Waals surface area contributed by atoms with Crippen LogP contribution in [0.1, 0.15) is 63.0 Å². The van der Waals surface area contributed by atoms with Crippen molar-refractivity contribution < 1.29 is 14.4 Å². The summed E-state index contributed by atoms with van der Waals surface area (Å²) in [5, 5.41) is 6.19. The van der Waals surface area contributed by atoms with Crippen molar-refractivity contribution in [2.24, 2.45) is 9.98 Å². The number of fused-ring (bicyclic) bond motifs is 3. The van der Waals surface area contributed by atoms with Gasteiger partial charge in [-0.05, 0) is 43.4 Å². The first-order valence-corrected chi connectivity index (χ1v) is 14.8. The van der Waals surface area contributed by atoms with Crippen LogP contribution in [0, 0.1) is 0 Å². The summed E-state index contributed by atoms with van der Waals surface area (Å²) in [5.41, 5.74) is 2.60. The summed E-state index contributed by atoms with van der Waals surface area (Å²) >= 11 is 1.30. The highest BCUT2D eigenvalue weighted by molar-refractivity contribution is 8.15. The average molecular weight is 546 g/mol. The predicted molar refractivity (Wildman–Crippen MR) is 155 cm³/mol. The number of para-hydroxylation sites is 1. The molecule has 3 aliphatic rings. The van der Waals surface area contributed by atoms with Crippen LogP contribution in [0.25, 0.3) is 0 Å². The summed E-state index contributed by atoms with van der Waals surface area (Å²) in [4.78, 5) is 50.5. The van der Waals surface area contributed by atoms with E-state index in [2.05, 4.69) is 10.6 Å². The largest absolute Gasteiger partial charge is 0.356 e. The van der Waals surface area contributed by atoms with Crippen LogP contribution in [0.3, 0.4) is 0 Å². The minimum atomic E-state index is -0.829. The van der Waals surface area contributed by atoms with Gasteiger partial charge in [0.1, 0.15) is 11.9 Å². The van der Waals surface area contributed by atoms with E-state index in [0.717, 1.165) is 36.8 Å². The third-order valence-electron chi connectivity index (χ3n) is 7.37. The Morgan fingerprint density at radius 3 is 2.56 bits per heavy atom. The molecule has 1 saturated carbocycles. The van der Waals surface area contributed by atoms with E-state index in [1.165, 1.54) is 23.1 Å². The second kappa shape index (κ2) is 12.6. The molecule has 2 aromatic carbocycles. The summed E-state index contributed by atoms with van der Waals surface area (Å²) in [6.45, 7) is 2.46. The van der Waals surface area contributed by atoms with E-state index < -0.39 is 6.04 Å². The third kappa shape index (κ3) is 6.41. The van der Waals surface area contributed by atoms with Crippen molar-refractivity contribution in [1.29, 1.82) is 0 Å². The lowest BCUT2D eigenvalue weighted by atomic mass is 9.95. The van der Waals surface area contributed by atoms with Gasteiger partial charge in [0.2, 0.25) is 11.8 Å². The molecule has 0 spiro atoms. The van der Waals surface area contributed by atoms with Crippen molar-refractivity contribution in [2.75, 3.05) is 6.54 Å². The zero-order valence-electron chi connectivity index (χ0n) is 22.3. The normalized spacial score (nSPS) is 19.5. The fourth-order valence-corrected chi connectivity index (χ4v) is 6.27. The molecule has 0 unspecified atom stereocenters.